The molecule has 1 aliphatic rings. The molecule has 1 aliphatic heterocycles. The molecule has 0 aliphatic carbocycles. The fourth-order valence-electron chi connectivity index (χ4n) is 3.13. The second kappa shape index (κ2) is 8.11. The predicted octanol–water partition coefficient (Wildman–Crippen LogP) is 0.497. The Balaban J connectivity index is 1.94. The molecule has 1 fully saturated rings. The SMILES string of the molecule is CCc1cccc(CC)c1NC(=O)C[NH+]1CCN(C(C)=O)CC1. The Labute approximate surface area is 138 Å². The van der Waals surface area contributed by atoms with E-state index in [0.717, 1.165) is 44.7 Å². The molecule has 0 unspecified atom stereocenters. The molecule has 2 N–H and O–H groups in total. The highest BCUT2D eigenvalue weighted by Crippen LogP contribution is 2.22. The summed E-state index contributed by atoms with van der Waals surface area (Å²) < 4.78 is 0. The first-order chi connectivity index (χ1) is 11.0. The van der Waals surface area contributed by atoms with Gasteiger partial charge in [-0.3, -0.25) is 9.59 Å². The fourth-order valence-corrected chi connectivity index (χ4v) is 3.13. The van der Waals surface area contributed by atoms with Gasteiger partial charge < -0.3 is 15.1 Å². The Morgan fingerprint density at radius 1 is 1.13 bits per heavy atom. The van der Waals surface area contributed by atoms with E-state index in [2.05, 4.69) is 37.4 Å². The van der Waals surface area contributed by atoms with Crippen molar-refractivity contribution in [1.82, 2.24) is 4.90 Å². The first kappa shape index (κ1) is 17.5. The molecule has 1 aromatic rings. The van der Waals surface area contributed by atoms with Gasteiger partial charge in [0, 0.05) is 12.6 Å². The van der Waals surface area contributed by atoms with Gasteiger partial charge >= 0.3 is 0 Å². The summed E-state index contributed by atoms with van der Waals surface area (Å²) in [4.78, 5) is 26.9. The third kappa shape index (κ3) is 4.55. The van der Waals surface area contributed by atoms with Crippen LogP contribution in [0.1, 0.15) is 31.9 Å². The van der Waals surface area contributed by atoms with Crippen LogP contribution in [-0.2, 0) is 22.4 Å². The standard InChI is InChI=1S/C18H27N3O2/c1-4-15-7-6-8-16(5-2)18(15)19-17(23)13-20-9-11-21(12-10-20)14(3)22/h6-8H,4-5,9-13H2,1-3H3,(H,19,23)/p+1. The molecule has 5 heteroatoms. The van der Waals surface area contributed by atoms with Gasteiger partial charge in [-0.25, -0.2) is 0 Å². The van der Waals surface area contributed by atoms with E-state index in [0.29, 0.717) is 6.54 Å². The number of benzene rings is 1. The number of hydrogen-bond donors (Lipinski definition) is 2. The van der Waals surface area contributed by atoms with Crippen molar-refractivity contribution in [3.8, 4) is 0 Å². The molecule has 0 radical (unpaired) electrons. The number of piperazine rings is 1. The summed E-state index contributed by atoms with van der Waals surface area (Å²) in [6.07, 6.45) is 1.82. The molecule has 2 amide bonds. The first-order valence-corrected chi connectivity index (χ1v) is 8.54. The first-order valence-electron chi connectivity index (χ1n) is 8.54. The van der Waals surface area contributed by atoms with E-state index in [1.54, 1.807) is 6.92 Å². The summed E-state index contributed by atoms with van der Waals surface area (Å²) in [7, 11) is 0. The normalized spacial score (nSPS) is 15.5. The Kier molecular flexibility index (Phi) is 6.16. The number of carbonyl (C=O) groups is 2. The number of anilines is 1. The molecule has 1 heterocycles. The van der Waals surface area contributed by atoms with Crippen LogP contribution in [0.2, 0.25) is 0 Å². The van der Waals surface area contributed by atoms with Crippen LogP contribution < -0.4 is 10.2 Å². The van der Waals surface area contributed by atoms with Gasteiger partial charge in [0.25, 0.3) is 5.91 Å². The Morgan fingerprint density at radius 3 is 2.17 bits per heavy atom. The minimum Gasteiger partial charge on any atom is -0.332 e. The number of rotatable bonds is 5. The van der Waals surface area contributed by atoms with Crippen LogP contribution in [0.5, 0.6) is 0 Å². The van der Waals surface area contributed by atoms with Crippen molar-refractivity contribution in [3.05, 3.63) is 29.3 Å². The zero-order valence-corrected chi connectivity index (χ0v) is 14.4. The molecule has 0 aromatic heterocycles. The van der Waals surface area contributed by atoms with Gasteiger partial charge in [-0.15, -0.1) is 0 Å². The Bertz CT molecular complexity index is 541. The van der Waals surface area contributed by atoms with E-state index in [1.165, 1.54) is 16.0 Å². The number of carbonyl (C=O) groups excluding carboxylic acids is 2. The van der Waals surface area contributed by atoms with Gasteiger partial charge in [-0.05, 0) is 24.0 Å². The number of nitrogens with one attached hydrogen (secondary N) is 2. The number of para-hydroxylation sites is 1. The quantitative estimate of drug-likeness (QED) is 0.830. The molecule has 0 atom stereocenters. The topological polar surface area (TPSA) is 53.9 Å². The van der Waals surface area contributed by atoms with Crippen molar-refractivity contribution >= 4 is 17.5 Å². The average molecular weight is 318 g/mol. The van der Waals surface area contributed by atoms with Gasteiger partial charge in [0.2, 0.25) is 5.91 Å². The number of amides is 2. The van der Waals surface area contributed by atoms with Crippen LogP contribution in [0.4, 0.5) is 5.69 Å². The van der Waals surface area contributed by atoms with Gasteiger partial charge in [0.05, 0.1) is 26.2 Å². The number of nitrogens with zero attached hydrogens (tertiary/aromatic N) is 1. The molecule has 0 bridgehead atoms. The minimum absolute atomic E-state index is 0.0619. The molecular formula is C18H28N3O2+. The lowest BCUT2D eigenvalue weighted by Gasteiger charge is -2.31. The third-order valence-corrected chi connectivity index (χ3v) is 4.59. The molecule has 0 spiro atoms. The minimum atomic E-state index is 0.0619. The molecule has 1 saturated heterocycles. The van der Waals surface area contributed by atoms with Crippen molar-refractivity contribution in [2.24, 2.45) is 0 Å². The summed E-state index contributed by atoms with van der Waals surface area (Å²) in [6, 6.07) is 6.21. The molecule has 0 saturated carbocycles. The zero-order chi connectivity index (χ0) is 16.8. The lowest BCUT2D eigenvalue weighted by atomic mass is 10.0. The highest BCUT2D eigenvalue weighted by Gasteiger charge is 2.23. The summed E-state index contributed by atoms with van der Waals surface area (Å²) in [6.45, 7) is 9.44. The molecule has 23 heavy (non-hydrogen) atoms. The third-order valence-electron chi connectivity index (χ3n) is 4.59. The van der Waals surface area contributed by atoms with Gasteiger partial charge in [0.1, 0.15) is 0 Å². The van der Waals surface area contributed by atoms with E-state index in [9.17, 15) is 9.59 Å². The lowest BCUT2D eigenvalue weighted by molar-refractivity contribution is -0.895. The molecule has 5 nitrogen and oxygen atoms in total. The predicted molar refractivity (Wildman–Crippen MR) is 91.6 cm³/mol. The Morgan fingerprint density at radius 2 is 1.70 bits per heavy atom. The second-order valence-electron chi connectivity index (χ2n) is 6.14. The molecule has 1 aromatic carbocycles. The van der Waals surface area contributed by atoms with Crippen molar-refractivity contribution < 1.29 is 14.5 Å². The zero-order valence-electron chi connectivity index (χ0n) is 14.4. The highest BCUT2D eigenvalue weighted by atomic mass is 16.2. The van der Waals surface area contributed by atoms with Crippen LogP contribution in [0.25, 0.3) is 0 Å². The molecule has 2 rings (SSSR count). The van der Waals surface area contributed by atoms with Crippen molar-refractivity contribution in [3.63, 3.8) is 0 Å². The maximum Gasteiger partial charge on any atom is 0.279 e. The lowest BCUT2D eigenvalue weighted by Crippen LogP contribution is -3.15. The largest absolute Gasteiger partial charge is 0.332 e. The van der Waals surface area contributed by atoms with E-state index in [4.69, 9.17) is 0 Å². The van der Waals surface area contributed by atoms with Gasteiger partial charge in [0.15, 0.2) is 6.54 Å². The summed E-state index contributed by atoms with van der Waals surface area (Å²) in [5.74, 6) is 0.185. The van der Waals surface area contributed by atoms with Crippen LogP contribution in [0.3, 0.4) is 0 Å². The maximum absolute atomic E-state index is 12.4. The fraction of sp³-hybridized carbons (Fsp3) is 0.556. The van der Waals surface area contributed by atoms with Crippen LogP contribution in [0, 0.1) is 0 Å². The smallest absolute Gasteiger partial charge is 0.279 e. The van der Waals surface area contributed by atoms with Gasteiger partial charge in [-0.2, -0.15) is 0 Å². The van der Waals surface area contributed by atoms with Crippen LogP contribution in [0.15, 0.2) is 18.2 Å². The van der Waals surface area contributed by atoms with E-state index in [-0.39, 0.29) is 11.8 Å². The summed E-state index contributed by atoms with van der Waals surface area (Å²) in [5, 5.41) is 3.12. The highest BCUT2D eigenvalue weighted by molar-refractivity contribution is 5.93. The number of hydrogen-bond acceptors (Lipinski definition) is 2. The van der Waals surface area contributed by atoms with Crippen molar-refractivity contribution in [1.29, 1.82) is 0 Å². The molecule has 126 valence electrons. The van der Waals surface area contributed by atoms with Crippen molar-refractivity contribution in [2.75, 3.05) is 38.0 Å². The monoisotopic (exact) mass is 318 g/mol. The van der Waals surface area contributed by atoms with Crippen LogP contribution in [-0.4, -0.2) is 49.4 Å². The van der Waals surface area contributed by atoms with E-state index < -0.39 is 0 Å². The van der Waals surface area contributed by atoms with E-state index >= 15 is 0 Å². The average Bonchev–Trinajstić information content (AvgIpc) is 2.55. The van der Waals surface area contributed by atoms with Gasteiger partial charge in [-0.1, -0.05) is 32.0 Å². The van der Waals surface area contributed by atoms with Crippen LogP contribution >= 0.6 is 0 Å². The van der Waals surface area contributed by atoms with E-state index in [1.807, 2.05) is 4.90 Å². The summed E-state index contributed by atoms with van der Waals surface area (Å²) in [5.41, 5.74) is 3.37. The maximum atomic E-state index is 12.4. The second-order valence-corrected chi connectivity index (χ2v) is 6.14. The Hall–Kier alpha value is -1.88. The number of aryl methyl sites for hydroxylation is 2. The van der Waals surface area contributed by atoms with Crippen molar-refractivity contribution in [2.45, 2.75) is 33.6 Å². The number of quaternary nitrogens is 1. The molecular weight excluding hydrogens is 290 g/mol. The summed E-state index contributed by atoms with van der Waals surface area (Å²) >= 11 is 0.